The quantitative estimate of drug-likeness (QED) is 0.907. The lowest BCUT2D eigenvalue weighted by Gasteiger charge is -2.25. The largest absolute Gasteiger partial charge is 0.490 e. The first-order valence-corrected chi connectivity index (χ1v) is 7.47. The van der Waals surface area contributed by atoms with E-state index in [4.69, 9.17) is 9.47 Å². The highest BCUT2D eigenvalue weighted by atomic mass is 16.5. The minimum Gasteiger partial charge on any atom is -0.490 e. The Labute approximate surface area is 115 Å². The Hall–Kier alpha value is -1.06. The van der Waals surface area contributed by atoms with Gasteiger partial charge in [-0.15, -0.1) is 0 Å². The van der Waals surface area contributed by atoms with Crippen LogP contribution in [0.2, 0.25) is 0 Å². The molecule has 3 heteroatoms. The van der Waals surface area contributed by atoms with Crippen molar-refractivity contribution in [3.8, 4) is 5.75 Å². The predicted molar refractivity (Wildman–Crippen MR) is 75.8 cm³/mol. The molecular weight excluding hydrogens is 238 g/mol. The third-order valence-corrected chi connectivity index (χ3v) is 4.16. The normalized spacial score (nSPS) is 22.3. The molecule has 1 N–H and O–H groups in total. The van der Waals surface area contributed by atoms with Crippen LogP contribution >= 0.6 is 0 Å². The highest BCUT2D eigenvalue weighted by Gasteiger charge is 2.17. The van der Waals surface area contributed by atoms with Crippen LogP contribution in [0, 0.1) is 0 Å². The Balaban J connectivity index is 1.58. The average molecular weight is 261 g/mol. The number of rotatable bonds is 3. The highest BCUT2D eigenvalue weighted by molar-refractivity contribution is 5.30. The maximum atomic E-state index is 6.01. The van der Waals surface area contributed by atoms with Crippen LogP contribution in [0.3, 0.4) is 0 Å². The number of hydrogen-bond donors (Lipinski definition) is 1. The summed E-state index contributed by atoms with van der Waals surface area (Å²) in [5, 5.41) is 3.41. The number of benzene rings is 1. The summed E-state index contributed by atoms with van der Waals surface area (Å²) in [6.07, 6.45) is 4.85. The minimum atomic E-state index is 0.332. The highest BCUT2D eigenvalue weighted by Crippen LogP contribution is 2.27. The second-order valence-corrected chi connectivity index (χ2v) is 5.52. The zero-order chi connectivity index (χ0) is 12.9. The molecule has 3 nitrogen and oxygen atoms in total. The summed E-state index contributed by atoms with van der Waals surface area (Å²) in [5.74, 6) is 1.72. The van der Waals surface area contributed by atoms with Crippen molar-refractivity contribution in [3.05, 3.63) is 29.8 Å². The molecule has 0 spiro atoms. The van der Waals surface area contributed by atoms with Crippen LogP contribution in [0.15, 0.2) is 24.3 Å². The van der Waals surface area contributed by atoms with Crippen LogP contribution in [0.1, 0.15) is 37.2 Å². The molecule has 1 aromatic carbocycles. The number of piperidine rings is 1. The molecule has 0 radical (unpaired) electrons. The molecule has 2 heterocycles. The molecule has 2 saturated heterocycles. The van der Waals surface area contributed by atoms with Crippen molar-refractivity contribution in [1.29, 1.82) is 0 Å². The predicted octanol–water partition coefficient (Wildman–Crippen LogP) is 2.71. The number of nitrogens with one attached hydrogen (secondary N) is 1. The van der Waals surface area contributed by atoms with Crippen LogP contribution in [-0.2, 0) is 4.74 Å². The van der Waals surface area contributed by atoms with E-state index < -0.39 is 0 Å². The van der Waals surface area contributed by atoms with E-state index in [1.165, 1.54) is 18.4 Å². The smallest absolute Gasteiger partial charge is 0.119 e. The van der Waals surface area contributed by atoms with Gasteiger partial charge in [0.15, 0.2) is 0 Å². The number of ether oxygens (including phenoxy) is 2. The summed E-state index contributed by atoms with van der Waals surface area (Å²) in [4.78, 5) is 0. The van der Waals surface area contributed by atoms with Crippen LogP contribution in [0.4, 0.5) is 0 Å². The van der Waals surface area contributed by atoms with Gasteiger partial charge in [-0.3, -0.25) is 0 Å². The van der Waals surface area contributed by atoms with Crippen LogP contribution in [-0.4, -0.2) is 32.4 Å². The van der Waals surface area contributed by atoms with Crippen molar-refractivity contribution >= 4 is 0 Å². The topological polar surface area (TPSA) is 30.5 Å². The lowest BCUT2D eigenvalue weighted by Crippen LogP contribution is -2.26. The molecular formula is C16H23NO2. The van der Waals surface area contributed by atoms with Crippen molar-refractivity contribution in [3.63, 3.8) is 0 Å². The zero-order valence-corrected chi connectivity index (χ0v) is 11.4. The molecule has 1 aromatic rings. The van der Waals surface area contributed by atoms with Crippen LogP contribution in [0.5, 0.6) is 5.75 Å². The van der Waals surface area contributed by atoms with E-state index in [0.29, 0.717) is 6.10 Å². The van der Waals surface area contributed by atoms with Crippen molar-refractivity contribution in [1.82, 2.24) is 5.32 Å². The fourth-order valence-corrected chi connectivity index (χ4v) is 2.96. The molecule has 19 heavy (non-hydrogen) atoms. The van der Waals surface area contributed by atoms with Crippen LogP contribution < -0.4 is 10.1 Å². The van der Waals surface area contributed by atoms with Crippen molar-refractivity contribution in [2.75, 3.05) is 26.3 Å². The number of hydrogen-bond acceptors (Lipinski definition) is 3. The minimum absolute atomic E-state index is 0.332. The molecule has 2 aliphatic heterocycles. The van der Waals surface area contributed by atoms with Crippen molar-refractivity contribution < 1.29 is 9.47 Å². The summed E-state index contributed by atoms with van der Waals surface area (Å²) in [6.45, 7) is 3.95. The van der Waals surface area contributed by atoms with Gasteiger partial charge in [0, 0.05) is 12.8 Å². The SMILES string of the molecule is c1cc(C2CCNCC2)ccc1OC1CCOCC1. The van der Waals surface area contributed by atoms with Crippen molar-refractivity contribution in [2.45, 2.75) is 37.7 Å². The van der Waals surface area contributed by atoms with E-state index in [-0.39, 0.29) is 0 Å². The zero-order valence-electron chi connectivity index (χ0n) is 11.4. The molecule has 0 unspecified atom stereocenters. The van der Waals surface area contributed by atoms with Gasteiger partial charge >= 0.3 is 0 Å². The van der Waals surface area contributed by atoms with Gasteiger partial charge in [-0.05, 0) is 49.5 Å². The molecule has 0 aromatic heterocycles. The van der Waals surface area contributed by atoms with E-state index in [0.717, 1.165) is 50.8 Å². The van der Waals surface area contributed by atoms with E-state index >= 15 is 0 Å². The maximum absolute atomic E-state index is 6.01. The monoisotopic (exact) mass is 261 g/mol. The maximum Gasteiger partial charge on any atom is 0.119 e. The Bertz CT molecular complexity index is 378. The second-order valence-electron chi connectivity index (χ2n) is 5.52. The lowest BCUT2D eigenvalue weighted by atomic mass is 9.90. The molecule has 2 aliphatic rings. The van der Waals surface area contributed by atoms with Gasteiger partial charge in [-0.2, -0.15) is 0 Å². The van der Waals surface area contributed by atoms with E-state index in [1.807, 2.05) is 0 Å². The lowest BCUT2D eigenvalue weighted by molar-refractivity contribution is 0.0255. The Morgan fingerprint density at radius 1 is 0.947 bits per heavy atom. The molecule has 0 saturated carbocycles. The second kappa shape index (κ2) is 6.40. The Morgan fingerprint density at radius 2 is 1.63 bits per heavy atom. The fourth-order valence-electron chi connectivity index (χ4n) is 2.96. The van der Waals surface area contributed by atoms with Gasteiger partial charge in [0.2, 0.25) is 0 Å². The third kappa shape index (κ3) is 3.48. The van der Waals surface area contributed by atoms with Gasteiger partial charge in [0.25, 0.3) is 0 Å². The average Bonchev–Trinajstić information content (AvgIpc) is 2.50. The molecule has 2 fully saturated rings. The summed E-state index contributed by atoms with van der Waals surface area (Å²) in [5.41, 5.74) is 1.46. The molecule has 104 valence electrons. The summed E-state index contributed by atoms with van der Waals surface area (Å²) < 4.78 is 11.4. The third-order valence-electron chi connectivity index (χ3n) is 4.16. The molecule has 0 aliphatic carbocycles. The Morgan fingerprint density at radius 3 is 2.32 bits per heavy atom. The molecule has 0 amide bonds. The molecule has 3 rings (SSSR count). The van der Waals surface area contributed by atoms with E-state index in [9.17, 15) is 0 Å². The fraction of sp³-hybridized carbons (Fsp3) is 0.625. The molecule has 0 atom stereocenters. The van der Waals surface area contributed by atoms with Gasteiger partial charge in [-0.1, -0.05) is 12.1 Å². The summed E-state index contributed by atoms with van der Waals surface area (Å²) >= 11 is 0. The summed E-state index contributed by atoms with van der Waals surface area (Å²) in [6, 6.07) is 8.74. The van der Waals surface area contributed by atoms with Gasteiger partial charge < -0.3 is 14.8 Å². The van der Waals surface area contributed by atoms with E-state index in [2.05, 4.69) is 29.6 Å². The van der Waals surface area contributed by atoms with Gasteiger partial charge in [0.05, 0.1) is 13.2 Å². The van der Waals surface area contributed by atoms with Gasteiger partial charge in [0.1, 0.15) is 11.9 Å². The first-order valence-electron chi connectivity index (χ1n) is 7.47. The first-order chi connectivity index (χ1) is 9.42. The standard InChI is InChI=1S/C16H23NO2/c1-3-15(19-16-7-11-18-12-8-16)4-2-13(1)14-5-9-17-10-6-14/h1-4,14,16-17H,5-12H2. The van der Waals surface area contributed by atoms with Crippen molar-refractivity contribution in [2.24, 2.45) is 0 Å². The molecule has 0 bridgehead atoms. The first kappa shape index (κ1) is 12.9. The summed E-state index contributed by atoms with van der Waals surface area (Å²) in [7, 11) is 0. The van der Waals surface area contributed by atoms with E-state index in [1.54, 1.807) is 0 Å². The van der Waals surface area contributed by atoms with Gasteiger partial charge in [-0.25, -0.2) is 0 Å². The van der Waals surface area contributed by atoms with Crippen LogP contribution in [0.25, 0.3) is 0 Å². The Kier molecular flexibility index (Phi) is 4.36.